The lowest BCUT2D eigenvalue weighted by atomic mass is 10.0. The van der Waals surface area contributed by atoms with E-state index in [2.05, 4.69) is 77.4 Å². The van der Waals surface area contributed by atoms with Crippen molar-refractivity contribution in [3.05, 3.63) is 187 Å². The summed E-state index contributed by atoms with van der Waals surface area (Å²) >= 11 is 0. The monoisotopic (exact) mass is 675 g/mol. The molecule has 7 aromatic carbocycles. The van der Waals surface area contributed by atoms with Gasteiger partial charge in [-0.25, -0.2) is 9.97 Å². The van der Waals surface area contributed by atoms with Gasteiger partial charge in [-0.1, -0.05) is 146 Å². The topological polar surface area (TPSA) is 78.3 Å². The number of hydrogen-bond acceptors (Lipinski definition) is 4. The minimum absolute atomic E-state index is 0.350. The van der Waals surface area contributed by atoms with Gasteiger partial charge < -0.3 is 4.57 Å². The highest BCUT2D eigenvalue weighted by molar-refractivity contribution is 6.11. The third kappa shape index (κ3) is 5.69. The molecule has 9 rings (SSSR count). The maximum atomic E-state index is 10.9. The Morgan fingerprint density at radius 3 is 1.17 bits per heavy atom. The molecule has 246 valence electrons. The molecule has 0 aliphatic rings. The largest absolute Gasteiger partial charge is 0.307 e. The van der Waals surface area contributed by atoms with Gasteiger partial charge in [-0.15, -0.1) is 0 Å². The highest BCUT2D eigenvalue weighted by Gasteiger charge is 2.22. The maximum absolute atomic E-state index is 10.9. The molecule has 0 aliphatic carbocycles. The Hall–Kier alpha value is -7.60. The van der Waals surface area contributed by atoms with Crippen LogP contribution in [-0.4, -0.2) is 14.5 Å². The third-order valence-corrected chi connectivity index (χ3v) is 9.68. The van der Waals surface area contributed by atoms with Gasteiger partial charge in [-0.3, -0.25) is 0 Å². The van der Waals surface area contributed by atoms with Crippen LogP contribution in [0.2, 0.25) is 0 Å². The molecule has 0 bridgehead atoms. The molecule has 0 aliphatic heterocycles. The van der Waals surface area contributed by atoms with E-state index in [0.29, 0.717) is 28.2 Å². The van der Waals surface area contributed by atoms with Gasteiger partial charge in [0.05, 0.1) is 39.2 Å². The first-order valence-electron chi connectivity index (χ1n) is 17.4. The fraction of sp³-hybridized carbons (Fsp3) is 0. The summed E-state index contributed by atoms with van der Waals surface area (Å²) in [5.74, 6) is 0.435. The third-order valence-electron chi connectivity index (χ3n) is 9.68. The van der Waals surface area contributed by atoms with Crippen molar-refractivity contribution >= 4 is 21.8 Å². The van der Waals surface area contributed by atoms with Crippen molar-refractivity contribution in [1.82, 2.24) is 14.5 Å². The Balaban J connectivity index is 1.31. The Morgan fingerprint density at radius 2 is 0.774 bits per heavy atom. The van der Waals surface area contributed by atoms with Crippen LogP contribution in [-0.2, 0) is 0 Å². The van der Waals surface area contributed by atoms with Crippen LogP contribution < -0.4 is 0 Å². The average molecular weight is 676 g/mol. The van der Waals surface area contributed by atoms with E-state index < -0.39 is 0 Å². The van der Waals surface area contributed by atoms with Crippen molar-refractivity contribution < 1.29 is 0 Å². The number of nitriles is 2. The summed E-state index contributed by atoms with van der Waals surface area (Å²) in [6.45, 7) is 0. The van der Waals surface area contributed by atoms with E-state index in [1.807, 2.05) is 115 Å². The minimum Gasteiger partial charge on any atom is -0.307 e. The Bertz CT molecular complexity index is 2690. The molecular weight excluding hydrogens is 647 g/mol. The summed E-state index contributed by atoms with van der Waals surface area (Å²) in [6, 6.07) is 63.8. The van der Waals surface area contributed by atoms with Gasteiger partial charge in [0.2, 0.25) is 0 Å². The fourth-order valence-corrected chi connectivity index (χ4v) is 7.14. The number of fused-ring (bicyclic) bond motifs is 3. The Labute approximate surface area is 307 Å². The molecule has 0 N–H and O–H groups in total. The molecule has 5 heteroatoms. The average Bonchev–Trinajstić information content (AvgIpc) is 3.56. The molecule has 5 nitrogen and oxygen atoms in total. The first-order chi connectivity index (χ1) is 26.2. The van der Waals surface area contributed by atoms with Crippen LogP contribution >= 0.6 is 0 Å². The van der Waals surface area contributed by atoms with Crippen molar-refractivity contribution in [3.8, 4) is 74.0 Å². The number of benzene rings is 7. The van der Waals surface area contributed by atoms with E-state index in [9.17, 15) is 10.5 Å². The zero-order chi connectivity index (χ0) is 35.7. The number of nitrogens with zero attached hydrogens (tertiary/aromatic N) is 5. The SMILES string of the molecule is N#Cc1cc(-c2nc(-c3ccccc3)cc(-c3ccccc3)n2)cc(C#N)c1-n1c2cc(-c3ccccc3)ccc2c2ccc(-c3ccccc3)cc21. The smallest absolute Gasteiger partial charge is 0.160 e. The lowest BCUT2D eigenvalue weighted by Gasteiger charge is -2.15. The van der Waals surface area contributed by atoms with Crippen LogP contribution in [0.15, 0.2) is 176 Å². The standard InChI is InChI=1S/C48H29N5/c49-30-39-25-38(48-51-43(34-17-9-3-10-18-34)29-44(52-48)35-19-11-4-12-20-35)26-40(31-50)47(39)53-45-27-36(32-13-5-1-6-14-32)21-23-41(45)42-24-22-37(28-46(42)53)33-15-7-2-8-16-33/h1-29H. The molecule has 0 fully saturated rings. The van der Waals surface area contributed by atoms with Gasteiger partial charge in [0.15, 0.2) is 5.82 Å². The Morgan fingerprint density at radius 1 is 0.377 bits per heavy atom. The first-order valence-corrected chi connectivity index (χ1v) is 17.4. The quantitative estimate of drug-likeness (QED) is 0.176. The van der Waals surface area contributed by atoms with Crippen LogP contribution in [0.1, 0.15) is 11.1 Å². The van der Waals surface area contributed by atoms with Crippen molar-refractivity contribution in [3.63, 3.8) is 0 Å². The molecule has 2 heterocycles. The van der Waals surface area contributed by atoms with E-state index in [4.69, 9.17) is 9.97 Å². The summed E-state index contributed by atoms with van der Waals surface area (Å²) in [7, 11) is 0. The summed E-state index contributed by atoms with van der Waals surface area (Å²) in [5.41, 5.74) is 11.3. The summed E-state index contributed by atoms with van der Waals surface area (Å²) in [4.78, 5) is 9.99. The van der Waals surface area contributed by atoms with Crippen LogP contribution in [0.3, 0.4) is 0 Å². The van der Waals surface area contributed by atoms with Crippen molar-refractivity contribution in [1.29, 1.82) is 10.5 Å². The van der Waals surface area contributed by atoms with Crippen LogP contribution in [0.5, 0.6) is 0 Å². The van der Waals surface area contributed by atoms with Crippen molar-refractivity contribution in [2.75, 3.05) is 0 Å². The number of aromatic nitrogens is 3. The fourth-order valence-electron chi connectivity index (χ4n) is 7.14. The molecule has 0 spiro atoms. The van der Waals surface area contributed by atoms with E-state index in [-0.39, 0.29) is 0 Å². The predicted octanol–water partition coefficient (Wildman–Crippen LogP) is 11.7. The van der Waals surface area contributed by atoms with Crippen LogP contribution in [0.4, 0.5) is 0 Å². The van der Waals surface area contributed by atoms with Gasteiger partial charge in [-0.05, 0) is 52.6 Å². The van der Waals surface area contributed by atoms with E-state index >= 15 is 0 Å². The molecule has 0 amide bonds. The second kappa shape index (κ2) is 13.3. The normalized spacial score (nSPS) is 11.0. The molecule has 53 heavy (non-hydrogen) atoms. The summed E-state index contributed by atoms with van der Waals surface area (Å²) in [5, 5.41) is 23.8. The zero-order valence-electron chi connectivity index (χ0n) is 28.5. The second-order valence-electron chi connectivity index (χ2n) is 12.9. The first kappa shape index (κ1) is 31.4. The molecule has 0 unspecified atom stereocenters. The van der Waals surface area contributed by atoms with Gasteiger partial charge in [0, 0.05) is 27.5 Å². The van der Waals surface area contributed by atoms with E-state index in [1.165, 1.54) is 0 Å². The lowest BCUT2D eigenvalue weighted by molar-refractivity contribution is 1.14. The number of hydrogen-bond donors (Lipinski definition) is 0. The zero-order valence-corrected chi connectivity index (χ0v) is 28.5. The van der Waals surface area contributed by atoms with E-state index in [1.54, 1.807) is 0 Å². The molecule has 9 aromatic rings. The molecule has 0 saturated heterocycles. The van der Waals surface area contributed by atoms with Crippen LogP contribution in [0, 0.1) is 22.7 Å². The minimum atomic E-state index is 0.350. The highest BCUT2D eigenvalue weighted by Crippen LogP contribution is 2.40. The summed E-state index contributed by atoms with van der Waals surface area (Å²) < 4.78 is 2.08. The predicted molar refractivity (Wildman–Crippen MR) is 213 cm³/mol. The second-order valence-corrected chi connectivity index (χ2v) is 12.9. The van der Waals surface area contributed by atoms with Gasteiger partial charge in [-0.2, -0.15) is 10.5 Å². The maximum Gasteiger partial charge on any atom is 0.160 e. The van der Waals surface area contributed by atoms with Crippen molar-refractivity contribution in [2.24, 2.45) is 0 Å². The summed E-state index contributed by atoms with van der Waals surface area (Å²) in [6.07, 6.45) is 0. The van der Waals surface area contributed by atoms with Gasteiger partial charge >= 0.3 is 0 Å². The molecule has 0 radical (unpaired) electrons. The lowest BCUT2D eigenvalue weighted by Crippen LogP contribution is -2.04. The molecule has 0 saturated carbocycles. The van der Waals surface area contributed by atoms with E-state index in [0.717, 1.165) is 66.6 Å². The van der Waals surface area contributed by atoms with Crippen LogP contribution in [0.25, 0.3) is 83.6 Å². The number of rotatable bonds is 6. The molecular formula is C48H29N5. The Kier molecular flexibility index (Phi) is 7.86. The molecule has 2 aromatic heterocycles. The van der Waals surface area contributed by atoms with Crippen molar-refractivity contribution in [2.45, 2.75) is 0 Å². The molecule has 0 atom stereocenters. The van der Waals surface area contributed by atoms with Gasteiger partial charge in [0.1, 0.15) is 12.1 Å². The highest BCUT2D eigenvalue weighted by atomic mass is 15.0. The van der Waals surface area contributed by atoms with Gasteiger partial charge in [0.25, 0.3) is 0 Å².